The number of nitrogens with zero attached hydrogens (tertiary/aromatic N) is 1. The Kier molecular flexibility index (Phi) is 3.35. The highest BCUT2D eigenvalue weighted by Crippen LogP contribution is 2.11. The van der Waals surface area contributed by atoms with Crippen molar-refractivity contribution in [3.05, 3.63) is 36.2 Å². The van der Waals surface area contributed by atoms with E-state index >= 15 is 0 Å². The summed E-state index contributed by atoms with van der Waals surface area (Å²) in [5.41, 5.74) is 0.974. The van der Waals surface area contributed by atoms with E-state index < -0.39 is 0 Å². The summed E-state index contributed by atoms with van der Waals surface area (Å²) in [6, 6.07) is 4.09. The lowest BCUT2D eigenvalue weighted by Crippen LogP contribution is -2.29. The normalized spacial score (nSPS) is 20.4. The van der Waals surface area contributed by atoms with E-state index in [0.717, 1.165) is 18.7 Å². The Morgan fingerprint density at radius 1 is 1.40 bits per heavy atom. The zero-order valence-corrected chi connectivity index (χ0v) is 8.69. The van der Waals surface area contributed by atoms with E-state index in [4.69, 9.17) is 5.11 Å². The molecule has 15 heavy (non-hydrogen) atoms. The minimum Gasteiger partial charge on any atom is -0.506 e. The highest BCUT2D eigenvalue weighted by Gasteiger charge is 2.08. The van der Waals surface area contributed by atoms with Crippen LogP contribution in [0.4, 0.5) is 0 Å². The largest absolute Gasteiger partial charge is 0.506 e. The summed E-state index contributed by atoms with van der Waals surface area (Å²) in [4.78, 5) is 4.13. The van der Waals surface area contributed by atoms with Gasteiger partial charge in [-0.2, -0.15) is 0 Å². The molecule has 0 amide bonds. The van der Waals surface area contributed by atoms with E-state index in [-0.39, 0.29) is 5.75 Å². The molecule has 1 aromatic heterocycles. The molecule has 0 saturated heterocycles. The number of allylic oxidation sites excluding steroid dienone is 1. The van der Waals surface area contributed by atoms with E-state index in [0.29, 0.717) is 6.04 Å². The molecule has 0 fully saturated rings. The number of pyridine rings is 1. The van der Waals surface area contributed by atoms with Crippen LogP contribution in [0.1, 0.15) is 25.0 Å². The van der Waals surface area contributed by atoms with Gasteiger partial charge in [0.2, 0.25) is 0 Å². The van der Waals surface area contributed by atoms with Crippen molar-refractivity contribution in [2.24, 2.45) is 0 Å². The molecule has 0 radical (unpaired) electrons. The zero-order valence-electron chi connectivity index (χ0n) is 8.69. The van der Waals surface area contributed by atoms with E-state index in [9.17, 15) is 0 Å². The lowest BCUT2D eigenvalue weighted by Gasteiger charge is -2.18. The molecular weight excluding hydrogens is 188 g/mol. The van der Waals surface area contributed by atoms with E-state index in [1.54, 1.807) is 6.07 Å². The molecule has 1 aliphatic carbocycles. The smallest absolute Gasteiger partial charge is 0.133 e. The van der Waals surface area contributed by atoms with Crippen LogP contribution < -0.4 is 5.32 Å². The molecular formula is C12H16N2O. The Hall–Kier alpha value is -1.35. The number of aromatic hydroxyl groups is 1. The molecule has 1 heterocycles. The van der Waals surface area contributed by atoms with Gasteiger partial charge >= 0.3 is 0 Å². The Balaban J connectivity index is 1.82. The van der Waals surface area contributed by atoms with Crippen LogP contribution in [0.25, 0.3) is 0 Å². The average molecular weight is 204 g/mol. The van der Waals surface area contributed by atoms with Crippen molar-refractivity contribution < 1.29 is 5.11 Å². The SMILES string of the molecule is Oc1ccc(CNC2CC=CCC2)nc1. The molecule has 2 rings (SSSR count). The van der Waals surface area contributed by atoms with Gasteiger partial charge in [-0.3, -0.25) is 4.98 Å². The first-order chi connectivity index (χ1) is 7.34. The van der Waals surface area contributed by atoms with Crippen LogP contribution in [0.15, 0.2) is 30.5 Å². The second-order valence-electron chi connectivity index (χ2n) is 3.87. The lowest BCUT2D eigenvalue weighted by molar-refractivity contribution is 0.463. The molecule has 80 valence electrons. The van der Waals surface area contributed by atoms with Crippen molar-refractivity contribution in [3.8, 4) is 5.75 Å². The fraction of sp³-hybridized carbons (Fsp3) is 0.417. The number of rotatable bonds is 3. The van der Waals surface area contributed by atoms with Crippen molar-refractivity contribution in [1.82, 2.24) is 10.3 Å². The van der Waals surface area contributed by atoms with Crippen molar-refractivity contribution in [1.29, 1.82) is 0 Å². The Labute approximate surface area is 89.9 Å². The van der Waals surface area contributed by atoms with Gasteiger partial charge in [0.15, 0.2) is 0 Å². The predicted molar refractivity (Wildman–Crippen MR) is 59.5 cm³/mol. The van der Waals surface area contributed by atoms with Crippen LogP contribution in [0, 0.1) is 0 Å². The van der Waals surface area contributed by atoms with Crippen LogP contribution in [-0.2, 0) is 6.54 Å². The van der Waals surface area contributed by atoms with Crippen LogP contribution in [-0.4, -0.2) is 16.1 Å². The minimum atomic E-state index is 0.222. The molecule has 0 aromatic carbocycles. The highest BCUT2D eigenvalue weighted by atomic mass is 16.3. The molecule has 1 aliphatic rings. The van der Waals surface area contributed by atoms with Gasteiger partial charge in [-0.05, 0) is 31.4 Å². The predicted octanol–water partition coefficient (Wildman–Crippen LogP) is 1.99. The Morgan fingerprint density at radius 2 is 2.33 bits per heavy atom. The monoisotopic (exact) mass is 204 g/mol. The first-order valence-corrected chi connectivity index (χ1v) is 5.37. The molecule has 2 N–H and O–H groups in total. The summed E-state index contributed by atoms with van der Waals surface area (Å²) >= 11 is 0. The maximum Gasteiger partial charge on any atom is 0.133 e. The summed E-state index contributed by atoms with van der Waals surface area (Å²) in [6.07, 6.45) is 9.42. The number of nitrogens with one attached hydrogen (secondary N) is 1. The fourth-order valence-corrected chi connectivity index (χ4v) is 1.75. The first kappa shape index (κ1) is 10.2. The van der Waals surface area contributed by atoms with Gasteiger partial charge in [-0.25, -0.2) is 0 Å². The molecule has 1 aromatic rings. The molecule has 1 unspecified atom stereocenters. The highest BCUT2D eigenvalue weighted by molar-refractivity contribution is 5.17. The number of hydrogen-bond acceptors (Lipinski definition) is 3. The van der Waals surface area contributed by atoms with Crippen LogP contribution >= 0.6 is 0 Å². The Bertz CT molecular complexity index is 332. The third-order valence-corrected chi connectivity index (χ3v) is 2.65. The van der Waals surface area contributed by atoms with E-state index in [1.807, 2.05) is 6.07 Å². The lowest BCUT2D eigenvalue weighted by atomic mass is 10.0. The van der Waals surface area contributed by atoms with Crippen LogP contribution in [0.5, 0.6) is 5.75 Å². The van der Waals surface area contributed by atoms with Gasteiger partial charge in [0.1, 0.15) is 5.75 Å². The Morgan fingerprint density at radius 3 is 3.00 bits per heavy atom. The molecule has 1 atom stereocenters. The number of hydrogen-bond donors (Lipinski definition) is 2. The van der Waals surface area contributed by atoms with Gasteiger partial charge in [-0.15, -0.1) is 0 Å². The van der Waals surface area contributed by atoms with E-state index in [1.165, 1.54) is 19.0 Å². The van der Waals surface area contributed by atoms with Crippen molar-refractivity contribution >= 4 is 0 Å². The van der Waals surface area contributed by atoms with Gasteiger partial charge in [-0.1, -0.05) is 12.2 Å². The molecule has 0 bridgehead atoms. The van der Waals surface area contributed by atoms with Crippen molar-refractivity contribution in [3.63, 3.8) is 0 Å². The summed E-state index contributed by atoms with van der Waals surface area (Å²) in [7, 11) is 0. The van der Waals surface area contributed by atoms with Crippen molar-refractivity contribution in [2.75, 3.05) is 0 Å². The van der Waals surface area contributed by atoms with Gasteiger partial charge in [0.25, 0.3) is 0 Å². The second-order valence-corrected chi connectivity index (χ2v) is 3.87. The minimum absolute atomic E-state index is 0.222. The summed E-state index contributed by atoms with van der Waals surface area (Å²) in [5.74, 6) is 0.222. The standard InChI is InChI=1S/C12H16N2O/c15-12-7-6-11(14-9-12)8-13-10-4-2-1-3-5-10/h1-2,6-7,9-10,13,15H,3-5,8H2. The summed E-state index contributed by atoms with van der Waals surface area (Å²) in [6.45, 7) is 0.777. The topological polar surface area (TPSA) is 45.1 Å². The summed E-state index contributed by atoms with van der Waals surface area (Å²) in [5, 5.41) is 12.5. The first-order valence-electron chi connectivity index (χ1n) is 5.37. The van der Waals surface area contributed by atoms with Gasteiger partial charge in [0, 0.05) is 12.6 Å². The molecule has 3 nitrogen and oxygen atoms in total. The van der Waals surface area contributed by atoms with E-state index in [2.05, 4.69) is 22.5 Å². The third kappa shape index (κ3) is 3.06. The maximum atomic E-state index is 9.08. The molecule has 0 aliphatic heterocycles. The molecule has 0 spiro atoms. The average Bonchev–Trinajstić information content (AvgIpc) is 2.30. The van der Waals surface area contributed by atoms with Crippen LogP contribution in [0.3, 0.4) is 0 Å². The maximum absolute atomic E-state index is 9.08. The number of aromatic nitrogens is 1. The second kappa shape index (κ2) is 4.94. The summed E-state index contributed by atoms with van der Waals surface area (Å²) < 4.78 is 0. The third-order valence-electron chi connectivity index (χ3n) is 2.65. The van der Waals surface area contributed by atoms with Crippen LogP contribution in [0.2, 0.25) is 0 Å². The fourth-order valence-electron chi connectivity index (χ4n) is 1.75. The quantitative estimate of drug-likeness (QED) is 0.740. The zero-order chi connectivity index (χ0) is 10.5. The molecule has 3 heteroatoms. The van der Waals surface area contributed by atoms with Gasteiger partial charge in [0.05, 0.1) is 11.9 Å². The molecule has 0 saturated carbocycles. The van der Waals surface area contributed by atoms with Gasteiger partial charge < -0.3 is 10.4 Å². The van der Waals surface area contributed by atoms with Crippen molar-refractivity contribution in [2.45, 2.75) is 31.8 Å².